The minimum atomic E-state index is 0.644. The average molecular weight is 230 g/mol. The van der Waals surface area contributed by atoms with E-state index in [1.54, 1.807) is 0 Å². The smallest absolute Gasteiger partial charge is 0.142 e. The summed E-state index contributed by atoms with van der Waals surface area (Å²) in [4.78, 5) is 0. The molecule has 0 fully saturated rings. The van der Waals surface area contributed by atoms with E-state index in [2.05, 4.69) is 15.9 Å². The highest BCUT2D eigenvalue weighted by Gasteiger charge is 2.04. The van der Waals surface area contributed by atoms with Gasteiger partial charge in [-0.05, 0) is 31.5 Å². The molecule has 0 spiro atoms. The Kier molecular flexibility index (Phi) is 2.98. The minimum absolute atomic E-state index is 0.644. The van der Waals surface area contributed by atoms with Gasteiger partial charge in [-0.25, -0.2) is 0 Å². The van der Waals surface area contributed by atoms with Gasteiger partial charge in [0.1, 0.15) is 5.75 Å². The second-order valence-corrected chi connectivity index (χ2v) is 3.37. The topological polar surface area (TPSA) is 35.2 Å². The van der Waals surface area contributed by atoms with Crippen LogP contribution in [0.2, 0.25) is 0 Å². The van der Waals surface area contributed by atoms with Crippen LogP contribution in [0, 0.1) is 6.92 Å². The van der Waals surface area contributed by atoms with E-state index >= 15 is 0 Å². The maximum atomic E-state index is 5.81. The molecule has 1 aromatic carbocycles. The van der Waals surface area contributed by atoms with Crippen LogP contribution in [-0.2, 0) is 0 Å². The van der Waals surface area contributed by atoms with Crippen molar-refractivity contribution in [2.75, 3.05) is 12.3 Å². The first-order valence-electron chi connectivity index (χ1n) is 3.84. The third kappa shape index (κ3) is 1.72. The Labute approximate surface area is 80.8 Å². The predicted octanol–water partition coefficient (Wildman–Crippen LogP) is 2.74. The molecule has 0 aliphatic carbocycles. The molecule has 1 aromatic rings. The van der Waals surface area contributed by atoms with Crippen LogP contribution in [-0.4, -0.2) is 6.61 Å². The molecule has 1 rings (SSSR count). The number of nitrogen functional groups attached to an aromatic ring is 1. The summed E-state index contributed by atoms with van der Waals surface area (Å²) in [7, 11) is 0. The maximum absolute atomic E-state index is 5.81. The van der Waals surface area contributed by atoms with Crippen molar-refractivity contribution in [2.45, 2.75) is 13.8 Å². The number of benzene rings is 1. The lowest BCUT2D eigenvalue weighted by Crippen LogP contribution is -1.98. The zero-order valence-corrected chi connectivity index (χ0v) is 8.81. The molecule has 66 valence electrons. The van der Waals surface area contributed by atoms with Gasteiger partial charge in [-0.3, -0.25) is 0 Å². The number of hydrogen-bond acceptors (Lipinski definition) is 2. The lowest BCUT2D eigenvalue weighted by Gasteiger charge is -2.09. The largest absolute Gasteiger partial charge is 0.492 e. The van der Waals surface area contributed by atoms with E-state index in [0.29, 0.717) is 12.3 Å². The van der Waals surface area contributed by atoms with Gasteiger partial charge >= 0.3 is 0 Å². The summed E-state index contributed by atoms with van der Waals surface area (Å²) in [5.41, 5.74) is 7.56. The van der Waals surface area contributed by atoms with E-state index in [4.69, 9.17) is 10.5 Å². The molecule has 0 bridgehead atoms. The molecule has 0 atom stereocenters. The fraction of sp³-hybridized carbons (Fsp3) is 0.333. The van der Waals surface area contributed by atoms with Gasteiger partial charge in [0.25, 0.3) is 0 Å². The standard InChI is InChI=1S/C9H12BrNO/c1-3-12-8-5-4-7(10)6(2)9(8)11/h4-5H,3,11H2,1-2H3. The Hall–Kier alpha value is -0.700. The molecule has 0 unspecified atom stereocenters. The van der Waals surface area contributed by atoms with E-state index in [1.807, 2.05) is 26.0 Å². The van der Waals surface area contributed by atoms with Gasteiger partial charge in [-0.15, -0.1) is 0 Å². The molecule has 2 nitrogen and oxygen atoms in total. The quantitative estimate of drug-likeness (QED) is 0.793. The molecular formula is C9H12BrNO. The lowest BCUT2D eigenvalue weighted by molar-refractivity contribution is 0.342. The highest BCUT2D eigenvalue weighted by atomic mass is 79.9. The predicted molar refractivity (Wildman–Crippen MR) is 54.5 cm³/mol. The fourth-order valence-corrected chi connectivity index (χ4v) is 1.30. The van der Waals surface area contributed by atoms with Crippen molar-refractivity contribution in [3.63, 3.8) is 0 Å². The molecule has 12 heavy (non-hydrogen) atoms. The molecule has 0 aromatic heterocycles. The van der Waals surface area contributed by atoms with Gasteiger partial charge < -0.3 is 10.5 Å². The zero-order valence-electron chi connectivity index (χ0n) is 7.23. The summed E-state index contributed by atoms with van der Waals surface area (Å²) in [6, 6.07) is 3.81. The molecule has 0 aliphatic heterocycles. The number of nitrogens with two attached hydrogens (primary N) is 1. The van der Waals surface area contributed by atoms with Crippen LogP contribution >= 0.6 is 15.9 Å². The Morgan fingerprint density at radius 3 is 2.75 bits per heavy atom. The Morgan fingerprint density at radius 2 is 2.17 bits per heavy atom. The number of halogens is 1. The number of hydrogen-bond donors (Lipinski definition) is 1. The fourth-order valence-electron chi connectivity index (χ4n) is 0.958. The monoisotopic (exact) mass is 229 g/mol. The summed E-state index contributed by atoms with van der Waals surface area (Å²) in [5.74, 6) is 0.762. The molecule has 0 saturated carbocycles. The molecule has 0 heterocycles. The van der Waals surface area contributed by atoms with Gasteiger partial charge in [0.05, 0.1) is 12.3 Å². The van der Waals surface area contributed by atoms with E-state index in [1.165, 1.54) is 0 Å². The van der Waals surface area contributed by atoms with Crippen LogP contribution in [0.4, 0.5) is 5.69 Å². The van der Waals surface area contributed by atoms with Gasteiger partial charge in [0.2, 0.25) is 0 Å². The molecule has 0 saturated heterocycles. The summed E-state index contributed by atoms with van der Waals surface area (Å²) < 4.78 is 6.34. The first-order valence-corrected chi connectivity index (χ1v) is 4.63. The Morgan fingerprint density at radius 1 is 1.50 bits per heavy atom. The van der Waals surface area contributed by atoms with E-state index < -0.39 is 0 Å². The number of ether oxygens (including phenoxy) is 1. The minimum Gasteiger partial charge on any atom is -0.492 e. The lowest BCUT2D eigenvalue weighted by atomic mass is 10.2. The van der Waals surface area contributed by atoms with Crippen LogP contribution in [0.3, 0.4) is 0 Å². The average Bonchev–Trinajstić information content (AvgIpc) is 2.07. The first kappa shape index (κ1) is 9.39. The molecule has 3 heteroatoms. The third-order valence-electron chi connectivity index (χ3n) is 1.71. The van der Waals surface area contributed by atoms with Crippen LogP contribution in [0.1, 0.15) is 12.5 Å². The van der Waals surface area contributed by atoms with Crippen molar-refractivity contribution in [1.29, 1.82) is 0 Å². The summed E-state index contributed by atoms with van der Waals surface area (Å²) >= 11 is 3.40. The summed E-state index contributed by atoms with van der Waals surface area (Å²) in [6.45, 7) is 4.55. The van der Waals surface area contributed by atoms with Gasteiger partial charge in [-0.1, -0.05) is 15.9 Å². The second-order valence-electron chi connectivity index (χ2n) is 2.52. The molecule has 0 radical (unpaired) electrons. The Balaban J connectivity index is 3.08. The summed E-state index contributed by atoms with van der Waals surface area (Å²) in [6.07, 6.45) is 0. The van der Waals surface area contributed by atoms with E-state index in [-0.39, 0.29) is 0 Å². The van der Waals surface area contributed by atoms with Crippen LogP contribution in [0.25, 0.3) is 0 Å². The highest BCUT2D eigenvalue weighted by Crippen LogP contribution is 2.30. The number of anilines is 1. The van der Waals surface area contributed by atoms with Crippen molar-refractivity contribution in [1.82, 2.24) is 0 Å². The first-order chi connectivity index (χ1) is 5.66. The highest BCUT2D eigenvalue weighted by molar-refractivity contribution is 9.10. The van der Waals surface area contributed by atoms with Crippen molar-refractivity contribution in [3.05, 3.63) is 22.2 Å². The second kappa shape index (κ2) is 3.81. The molecule has 0 aliphatic rings. The normalized spacial score (nSPS) is 9.92. The van der Waals surface area contributed by atoms with Crippen molar-refractivity contribution >= 4 is 21.6 Å². The van der Waals surface area contributed by atoms with Crippen LogP contribution in [0.15, 0.2) is 16.6 Å². The molecular weight excluding hydrogens is 218 g/mol. The SMILES string of the molecule is CCOc1ccc(Br)c(C)c1N. The van der Waals surface area contributed by atoms with E-state index in [9.17, 15) is 0 Å². The van der Waals surface area contributed by atoms with Gasteiger partial charge in [0, 0.05) is 4.47 Å². The molecule has 2 N–H and O–H groups in total. The van der Waals surface area contributed by atoms with Crippen molar-refractivity contribution < 1.29 is 4.74 Å². The van der Waals surface area contributed by atoms with Crippen molar-refractivity contribution in [3.8, 4) is 5.75 Å². The zero-order chi connectivity index (χ0) is 9.14. The van der Waals surface area contributed by atoms with Crippen LogP contribution in [0.5, 0.6) is 5.75 Å². The van der Waals surface area contributed by atoms with Gasteiger partial charge in [0.15, 0.2) is 0 Å². The number of rotatable bonds is 2. The summed E-state index contributed by atoms with van der Waals surface area (Å²) in [5, 5.41) is 0. The van der Waals surface area contributed by atoms with Crippen LogP contribution < -0.4 is 10.5 Å². The maximum Gasteiger partial charge on any atom is 0.142 e. The van der Waals surface area contributed by atoms with E-state index in [0.717, 1.165) is 15.8 Å². The third-order valence-corrected chi connectivity index (χ3v) is 2.57. The Bertz CT molecular complexity index is 286. The van der Waals surface area contributed by atoms with Crippen molar-refractivity contribution in [2.24, 2.45) is 0 Å². The van der Waals surface area contributed by atoms with Gasteiger partial charge in [-0.2, -0.15) is 0 Å². The molecule has 0 amide bonds.